The van der Waals surface area contributed by atoms with Gasteiger partial charge >= 0.3 is 11.7 Å². The maximum Gasteiger partial charge on any atom is 0.407 e. The van der Waals surface area contributed by atoms with Gasteiger partial charge in [-0.05, 0) is 43.0 Å². The highest BCUT2D eigenvalue weighted by atomic mass is 16.5. The number of fused-ring (bicyclic) bond motifs is 1. The Hall–Kier alpha value is -4.14. The first-order chi connectivity index (χ1) is 16.8. The van der Waals surface area contributed by atoms with Crippen molar-refractivity contribution in [3.05, 3.63) is 76.1 Å². The van der Waals surface area contributed by atoms with Crippen molar-refractivity contribution in [2.24, 2.45) is 0 Å². The van der Waals surface area contributed by atoms with Crippen LogP contribution >= 0.6 is 0 Å². The fourth-order valence-corrected chi connectivity index (χ4v) is 3.61. The Morgan fingerprint density at radius 3 is 2.57 bits per heavy atom. The lowest BCUT2D eigenvalue weighted by Gasteiger charge is -2.19. The number of carbonyl (C=O) groups excluding carboxylic acids is 3. The number of hydrogen-bond acceptors (Lipinski definition) is 6. The van der Waals surface area contributed by atoms with E-state index in [9.17, 15) is 19.2 Å². The summed E-state index contributed by atoms with van der Waals surface area (Å²) in [6.07, 6.45) is 0.391. The van der Waals surface area contributed by atoms with E-state index >= 15 is 0 Å². The predicted molar refractivity (Wildman–Crippen MR) is 132 cm³/mol. The van der Waals surface area contributed by atoms with E-state index in [-0.39, 0.29) is 24.8 Å². The Bertz CT molecular complexity index is 1240. The predicted octanol–water partition coefficient (Wildman–Crippen LogP) is 3.64. The molecule has 0 saturated carbocycles. The van der Waals surface area contributed by atoms with Gasteiger partial charge in [0.15, 0.2) is 0 Å². The maximum absolute atomic E-state index is 12.7. The number of nitrogens with one attached hydrogen (secondary N) is 3. The maximum atomic E-state index is 12.7. The molecule has 184 valence electrons. The summed E-state index contributed by atoms with van der Waals surface area (Å²) in [5.41, 5.74) is 2.02. The minimum Gasteiger partial charge on any atom is -0.445 e. The first-order valence-corrected chi connectivity index (χ1v) is 11.4. The standard InChI is InChI=1S/C26H29N3O6/c1-17-13-25(32)35-23-14-21(10-11-22(17)23)28-24(31)15-20(9-6-12-27-18(2)30)29-26(33)34-16-19-7-4-3-5-8-19/h3-5,7-8,10-11,13-14,20H,6,9,12,15-16H2,1-2H3,(H,27,30)(H,28,31)(H,29,33)/t20-/m0/s1. The van der Waals surface area contributed by atoms with Crippen LogP contribution in [0.4, 0.5) is 10.5 Å². The first-order valence-electron chi connectivity index (χ1n) is 11.4. The summed E-state index contributed by atoms with van der Waals surface area (Å²) < 4.78 is 10.5. The average molecular weight is 480 g/mol. The Balaban J connectivity index is 1.60. The number of aryl methyl sites for hydroxylation is 1. The second-order valence-corrected chi connectivity index (χ2v) is 8.24. The fourth-order valence-electron chi connectivity index (χ4n) is 3.61. The molecule has 0 aliphatic heterocycles. The molecule has 2 aromatic carbocycles. The van der Waals surface area contributed by atoms with E-state index in [1.165, 1.54) is 13.0 Å². The molecule has 0 aliphatic carbocycles. The number of hydrogen-bond donors (Lipinski definition) is 3. The van der Waals surface area contributed by atoms with Crippen LogP contribution in [0.5, 0.6) is 0 Å². The summed E-state index contributed by atoms with van der Waals surface area (Å²) >= 11 is 0. The van der Waals surface area contributed by atoms with Gasteiger partial charge in [-0.3, -0.25) is 9.59 Å². The number of anilines is 1. The lowest BCUT2D eigenvalue weighted by molar-refractivity contribution is -0.119. The largest absolute Gasteiger partial charge is 0.445 e. The molecule has 0 radical (unpaired) electrons. The number of ether oxygens (including phenoxy) is 1. The zero-order chi connectivity index (χ0) is 25.2. The zero-order valence-electron chi connectivity index (χ0n) is 19.8. The Kier molecular flexibility index (Phi) is 9.00. The smallest absolute Gasteiger partial charge is 0.407 e. The number of benzene rings is 2. The monoisotopic (exact) mass is 479 g/mol. The Morgan fingerprint density at radius 2 is 1.83 bits per heavy atom. The minimum absolute atomic E-state index is 0.00366. The minimum atomic E-state index is -0.630. The van der Waals surface area contributed by atoms with Crippen LogP contribution in [0.15, 0.2) is 63.8 Å². The van der Waals surface area contributed by atoms with Crippen molar-refractivity contribution in [2.45, 2.75) is 45.8 Å². The van der Waals surface area contributed by atoms with Crippen molar-refractivity contribution in [1.29, 1.82) is 0 Å². The van der Waals surface area contributed by atoms with Crippen LogP contribution in [-0.2, 0) is 20.9 Å². The molecule has 0 bridgehead atoms. The van der Waals surface area contributed by atoms with Crippen molar-refractivity contribution in [2.75, 3.05) is 11.9 Å². The molecular formula is C26H29N3O6. The van der Waals surface area contributed by atoms with Crippen LogP contribution in [-0.4, -0.2) is 30.5 Å². The van der Waals surface area contributed by atoms with Crippen LogP contribution in [0.1, 0.15) is 37.3 Å². The Labute approximate surface area is 202 Å². The highest BCUT2D eigenvalue weighted by Gasteiger charge is 2.18. The zero-order valence-corrected chi connectivity index (χ0v) is 19.8. The van der Waals surface area contributed by atoms with Crippen LogP contribution in [0, 0.1) is 6.92 Å². The summed E-state index contributed by atoms with van der Waals surface area (Å²) in [5.74, 6) is -0.472. The van der Waals surface area contributed by atoms with Crippen molar-refractivity contribution < 1.29 is 23.5 Å². The molecule has 1 aromatic heterocycles. The molecular weight excluding hydrogens is 450 g/mol. The van der Waals surface area contributed by atoms with Crippen molar-refractivity contribution in [3.8, 4) is 0 Å². The van der Waals surface area contributed by atoms with E-state index in [0.29, 0.717) is 30.7 Å². The molecule has 1 heterocycles. The van der Waals surface area contributed by atoms with Gasteiger partial charge < -0.3 is 25.1 Å². The van der Waals surface area contributed by atoms with Gasteiger partial charge in [-0.2, -0.15) is 0 Å². The van der Waals surface area contributed by atoms with E-state index in [1.807, 2.05) is 37.3 Å². The van der Waals surface area contributed by atoms with E-state index in [0.717, 1.165) is 16.5 Å². The van der Waals surface area contributed by atoms with Crippen molar-refractivity contribution >= 4 is 34.6 Å². The first kappa shape index (κ1) is 25.5. The summed E-state index contributed by atoms with van der Waals surface area (Å²) in [6, 6.07) is 15.3. The lowest BCUT2D eigenvalue weighted by atomic mass is 10.1. The van der Waals surface area contributed by atoms with Gasteiger partial charge in [-0.25, -0.2) is 9.59 Å². The van der Waals surface area contributed by atoms with Crippen molar-refractivity contribution in [1.82, 2.24) is 10.6 Å². The Morgan fingerprint density at radius 1 is 1.06 bits per heavy atom. The number of alkyl carbamates (subject to hydrolysis) is 1. The second-order valence-electron chi connectivity index (χ2n) is 8.24. The summed E-state index contributed by atoms with van der Waals surface area (Å²) in [6.45, 7) is 3.78. The molecule has 3 aromatic rings. The molecule has 3 rings (SSSR count). The van der Waals surface area contributed by atoms with Gasteiger partial charge in [0.1, 0.15) is 12.2 Å². The van der Waals surface area contributed by atoms with Gasteiger partial charge in [0, 0.05) is 49.1 Å². The molecule has 0 saturated heterocycles. The van der Waals surface area contributed by atoms with E-state index in [2.05, 4.69) is 16.0 Å². The van der Waals surface area contributed by atoms with Crippen LogP contribution in [0.3, 0.4) is 0 Å². The average Bonchev–Trinajstić information content (AvgIpc) is 2.80. The van der Waals surface area contributed by atoms with Crippen molar-refractivity contribution in [3.63, 3.8) is 0 Å². The number of rotatable bonds is 10. The number of amides is 3. The van der Waals surface area contributed by atoms with Crippen LogP contribution < -0.4 is 21.6 Å². The molecule has 0 fully saturated rings. The molecule has 0 unspecified atom stereocenters. The summed E-state index contributed by atoms with van der Waals surface area (Å²) in [5, 5.41) is 9.00. The van der Waals surface area contributed by atoms with Crippen LogP contribution in [0.25, 0.3) is 11.0 Å². The highest BCUT2D eigenvalue weighted by Crippen LogP contribution is 2.21. The summed E-state index contributed by atoms with van der Waals surface area (Å²) in [7, 11) is 0. The van der Waals surface area contributed by atoms with Gasteiger partial charge in [0.2, 0.25) is 11.8 Å². The summed E-state index contributed by atoms with van der Waals surface area (Å²) in [4.78, 5) is 47.8. The lowest BCUT2D eigenvalue weighted by Crippen LogP contribution is -2.38. The molecule has 0 spiro atoms. The van der Waals surface area contributed by atoms with E-state index in [4.69, 9.17) is 9.15 Å². The van der Waals surface area contributed by atoms with Gasteiger partial charge in [-0.15, -0.1) is 0 Å². The van der Waals surface area contributed by atoms with E-state index in [1.54, 1.807) is 18.2 Å². The molecule has 3 amide bonds. The SMILES string of the molecule is CC(=O)NCCC[C@@H](CC(=O)Nc1ccc2c(C)cc(=O)oc2c1)NC(=O)OCc1ccccc1. The van der Waals surface area contributed by atoms with Gasteiger partial charge in [-0.1, -0.05) is 30.3 Å². The second kappa shape index (κ2) is 12.4. The molecule has 1 atom stereocenters. The third-order valence-corrected chi connectivity index (χ3v) is 5.30. The number of carbonyl (C=O) groups is 3. The van der Waals surface area contributed by atoms with E-state index < -0.39 is 17.8 Å². The molecule has 3 N–H and O–H groups in total. The highest BCUT2D eigenvalue weighted by molar-refractivity contribution is 5.94. The molecule has 9 heteroatoms. The normalized spacial score (nSPS) is 11.5. The quantitative estimate of drug-likeness (QED) is 0.301. The third-order valence-electron chi connectivity index (χ3n) is 5.30. The fraction of sp³-hybridized carbons (Fsp3) is 0.308. The van der Waals surface area contributed by atoms with Gasteiger partial charge in [0.25, 0.3) is 0 Å². The molecule has 35 heavy (non-hydrogen) atoms. The van der Waals surface area contributed by atoms with Crippen LogP contribution in [0.2, 0.25) is 0 Å². The molecule has 0 aliphatic rings. The molecule has 9 nitrogen and oxygen atoms in total. The van der Waals surface area contributed by atoms with Gasteiger partial charge in [0.05, 0.1) is 0 Å². The topological polar surface area (TPSA) is 127 Å². The third kappa shape index (κ3) is 8.29.